The zero-order valence-electron chi connectivity index (χ0n) is 15.4. The van der Waals surface area contributed by atoms with Crippen molar-refractivity contribution < 1.29 is 23.7 Å². The maximum Gasteiger partial charge on any atom is 0.0701 e. The van der Waals surface area contributed by atoms with E-state index in [0.29, 0.717) is 65.3 Å². The second-order valence-corrected chi connectivity index (χ2v) is 5.90. The lowest BCUT2D eigenvalue weighted by atomic mass is 10.1. The summed E-state index contributed by atoms with van der Waals surface area (Å²) < 4.78 is 26.9. The second kappa shape index (κ2) is 23.1. The van der Waals surface area contributed by atoms with Gasteiger partial charge in [-0.15, -0.1) is 11.6 Å². The molecule has 0 unspecified atom stereocenters. The van der Waals surface area contributed by atoms with E-state index < -0.39 is 0 Å². The summed E-state index contributed by atoms with van der Waals surface area (Å²) in [5, 5.41) is 0. The zero-order chi connectivity index (χ0) is 17.6. The standard InChI is InChI=1S/C18H37ClO5/c1-2-3-4-5-6-7-9-20-11-13-22-15-17-24-18-16-23-14-12-21-10-8-19/h2-18H2,1H3. The first-order valence-electron chi connectivity index (χ1n) is 9.36. The van der Waals surface area contributed by atoms with Crippen LogP contribution in [0.5, 0.6) is 0 Å². The van der Waals surface area contributed by atoms with Crippen LogP contribution in [0.2, 0.25) is 0 Å². The molecule has 0 fully saturated rings. The smallest absolute Gasteiger partial charge is 0.0701 e. The highest BCUT2D eigenvalue weighted by Gasteiger charge is 1.94. The van der Waals surface area contributed by atoms with Gasteiger partial charge in [0.1, 0.15) is 0 Å². The van der Waals surface area contributed by atoms with Crippen molar-refractivity contribution in [3.05, 3.63) is 0 Å². The molecule has 0 amide bonds. The first-order valence-corrected chi connectivity index (χ1v) is 9.90. The molecule has 146 valence electrons. The molecule has 0 bridgehead atoms. The first kappa shape index (κ1) is 24.1. The van der Waals surface area contributed by atoms with Crippen LogP contribution in [0.25, 0.3) is 0 Å². The molecule has 0 aliphatic carbocycles. The Morgan fingerprint density at radius 2 is 0.833 bits per heavy atom. The SMILES string of the molecule is CCCCCCCCOCCOCCOCCOCCOCCCl. The molecule has 0 radical (unpaired) electrons. The number of alkyl halides is 1. The number of hydrogen-bond acceptors (Lipinski definition) is 5. The van der Waals surface area contributed by atoms with Crippen LogP contribution in [-0.4, -0.2) is 71.9 Å². The molecule has 0 aromatic carbocycles. The fraction of sp³-hybridized carbons (Fsp3) is 1.00. The van der Waals surface area contributed by atoms with Gasteiger partial charge in [-0.1, -0.05) is 39.0 Å². The Morgan fingerprint density at radius 1 is 0.458 bits per heavy atom. The largest absolute Gasteiger partial charge is 0.379 e. The molecule has 0 spiro atoms. The lowest BCUT2D eigenvalue weighted by Crippen LogP contribution is -2.13. The van der Waals surface area contributed by atoms with Crippen LogP contribution in [-0.2, 0) is 23.7 Å². The maximum absolute atomic E-state index is 5.53. The van der Waals surface area contributed by atoms with Crippen molar-refractivity contribution in [1.29, 1.82) is 0 Å². The van der Waals surface area contributed by atoms with E-state index in [4.69, 9.17) is 35.3 Å². The highest BCUT2D eigenvalue weighted by atomic mass is 35.5. The van der Waals surface area contributed by atoms with Gasteiger partial charge < -0.3 is 23.7 Å². The average Bonchev–Trinajstić information content (AvgIpc) is 2.60. The average molecular weight is 369 g/mol. The predicted octanol–water partition coefficient (Wildman–Crippen LogP) is 3.67. The molecule has 0 aromatic rings. The highest BCUT2D eigenvalue weighted by Crippen LogP contribution is 2.04. The van der Waals surface area contributed by atoms with Gasteiger partial charge in [0.05, 0.1) is 59.5 Å². The molecular weight excluding hydrogens is 332 g/mol. The van der Waals surface area contributed by atoms with Gasteiger partial charge in [0.2, 0.25) is 0 Å². The number of ether oxygens (including phenoxy) is 5. The molecule has 0 saturated heterocycles. The van der Waals surface area contributed by atoms with E-state index in [1.165, 1.54) is 32.1 Å². The normalized spacial score (nSPS) is 11.2. The molecule has 0 atom stereocenters. The minimum Gasteiger partial charge on any atom is -0.379 e. The first-order chi connectivity index (χ1) is 11.9. The maximum atomic E-state index is 5.53. The van der Waals surface area contributed by atoms with Crippen molar-refractivity contribution in [3.63, 3.8) is 0 Å². The minimum atomic E-state index is 0.521. The number of rotatable bonds is 21. The highest BCUT2D eigenvalue weighted by molar-refractivity contribution is 6.17. The predicted molar refractivity (Wildman–Crippen MR) is 98.2 cm³/mol. The quantitative estimate of drug-likeness (QED) is 0.228. The van der Waals surface area contributed by atoms with E-state index in [1.54, 1.807) is 0 Å². The molecule has 24 heavy (non-hydrogen) atoms. The Bertz CT molecular complexity index is 198. The van der Waals surface area contributed by atoms with Crippen molar-refractivity contribution in [3.8, 4) is 0 Å². The van der Waals surface area contributed by atoms with Crippen molar-refractivity contribution >= 4 is 11.6 Å². The monoisotopic (exact) mass is 368 g/mol. The molecule has 0 aromatic heterocycles. The van der Waals surface area contributed by atoms with E-state index in [9.17, 15) is 0 Å². The fourth-order valence-electron chi connectivity index (χ4n) is 2.02. The summed E-state index contributed by atoms with van der Waals surface area (Å²) in [6.45, 7) is 8.44. The van der Waals surface area contributed by atoms with Gasteiger partial charge >= 0.3 is 0 Å². The number of hydrogen-bond donors (Lipinski definition) is 0. The summed E-state index contributed by atoms with van der Waals surface area (Å²) in [5.41, 5.74) is 0. The zero-order valence-corrected chi connectivity index (χ0v) is 16.2. The van der Waals surface area contributed by atoms with Crippen molar-refractivity contribution in [2.45, 2.75) is 45.4 Å². The van der Waals surface area contributed by atoms with Crippen LogP contribution in [0.1, 0.15) is 45.4 Å². The van der Waals surface area contributed by atoms with E-state index >= 15 is 0 Å². The van der Waals surface area contributed by atoms with Gasteiger partial charge in [0.25, 0.3) is 0 Å². The topological polar surface area (TPSA) is 46.2 Å². The molecule has 0 aliphatic heterocycles. The van der Waals surface area contributed by atoms with Crippen LogP contribution in [0, 0.1) is 0 Å². The molecule has 0 heterocycles. The fourth-order valence-corrected chi connectivity index (χ4v) is 2.13. The Morgan fingerprint density at radius 3 is 1.29 bits per heavy atom. The Hall–Kier alpha value is 0.0900. The molecule has 6 heteroatoms. The van der Waals surface area contributed by atoms with Crippen LogP contribution >= 0.6 is 11.6 Å². The van der Waals surface area contributed by atoms with Gasteiger partial charge in [-0.3, -0.25) is 0 Å². The third-order valence-corrected chi connectivity index (χ3v) is 3.51. The van der Waals surface area contributed by atoms with Crippen molar-refractivity contribution in [2.24, 2.45) is 0 Å². The Balaban J connectivity index is 2.93. The third kappa shape index (κ3) is 22.1. The van der Waals surface area contributed by atoms with E-state index in [1.807, 2.05) is 0 Å². The molecule has 0 saturated carbocycles. The summed E-state index contributed by atoms with van der Waals surface area (Å²) in [7, 11) is 0. The second-order valence-electron chi connectivity index (χ2n) is 5.52. The van der Waals surface area contributed by atoms with Gasteiger partial charge in [-0.05, 0) is 6.42 Å². The van der Waals surface area contributed by atoms with E-state index in [2.05, 4.69) is 6.92 Å². The summed E-state index contributed by atoms with van der Waals surface area (Å²) in [5.74, 6) is 0.521. The lowest BCUT2D eigenvalue weighted by molar-refractivity contribution is -0.0103. The van der Waals surface area contributed by atoms with Crippen LogP contribution in [0.4, 0.5) is 0 Å². The van der Waals surface area contributed by atoms with Crippen LogP contribution < -0.4 is 0 Å². The molecular formula is C18H37ClO5. The Labute approximate surface area is 153 Å². The molecule has 0 aliphatic rings. The van der Waals surface area contributed by atoms with Gasteiger partial charge in [0.15, 0.2) is 0 Å². The van der Waals surface area contributed by atoms with E-state index in [-0.39, 0.29) is 0 Å². The van der Waals surface area contributed by atoms with Crippen molar-refractivity contribution in [1.82, 2.24) is 0 Å². The molecule has 5 nitrogen and oxygen atoms in total. The van der Waals surface area contributed by atoms with E-state index in [0.717, 1.165) is 13.0 Å². The van der Waals surface area contributed by atoms with Crippen LogP contribution in [0.15, 0.2) is 0 Å². The van der Waals surface area contributed by atoms with Gasteiger partial charge in [0, 0.05) is 12.5 Å². The van der Waals surface area contributed by atoms with Crippen LogP contribution in [0.3, 0.4) is 0 Å². The summed E-state index contributed by atoms with van der Waals surface area (Å²) >= 11 is 5.48. The third-order valence-electron chi connectivity index (χ3n) is 3.35. The minimum absolute atomic E-state index is 0.521. The number of halogens is 1. The summed E-state index contributed by atoms with van der Waals surface area (Å²) in [4.78, 5) is 0. The van der Waals surface area contributed by atoms with Gasteiger partial charge in [-0.25, -0.2) is 0 Å². The molecule has 0 N–H and O–H groups in total. The van der Waals surface area contributed by atoms with Crippen molar-refractivity contribution in [2.75, 3.05) is 71.9 Å². The number of unbranched alkanes of at least 4 members (excludes halogenated alkanes) is 5. The summed E-state index contributed by atoms with van der Waals surface area (Å²) in [6, 6.07) is 0. The lowest BCUT2D eigenvalue weighted by Gasteiger charge is -2.07. The van der Waals surface area contributed by atoms with Gasteiger partial charge in [-0.2, -0.15) is 0 Å². The molecule has 0 rings (SSSR count). The Kier molecular flexibility index (Phi) is 23.2. The summed E-state index contributed by atoms with van der Waals surface area (Å²) in [6.07, 6.45) is 7.77.